The van der Waals surface area contributed by atoms with Crippen LogP contribution >= 0.6 is 11.3 Å². The molecule has 6 nitrogen and oxygen atoms in total. The molecule has 1 saturated heterocycles. The molecule has 0 unspecified atom stereocenters. The first-order valence-electron chi connectivity index (χ1n) is 9.73. The van der Waals surface area contributed by atoms with Crippen LogP contribution in [0.1, 0.15) is 45.9 Å². The summed E-state index contributed by atoms with van der Waals surface area (Å²) >= 11 is 1.62. The maximum atomic E-state index is 13.0. The number of aryl methyl sites for hydroxylation is 1. The van der Waals surface area contributed by atoms with Crippen LogP contribution in [0, 0.1) is 6.92 Å². The third kappa shape index (κ3) is 3.82. The standard InChI is InChI=1S/C21H25N3O3S/c1-15-14-28-19(23-15)6-9-22-18(25)12-21(7-10-27-11-8-21)24-13-16-4-2-3-5-17(16)20(24)26/h2-5,14H,6-13H2,1H3,(H,22,25). The maximum absolute atomic E-state index is 13.0. The van der Waals surface area contributed by atoms with E-state index in [9.17, 15) is 9.59 Å². The average molecular weight is 400 g/mol. The molecule has 2 aliphatic heterocycles. The summed E-state index contributed by atoms with van der Waals surface area (Å²) < 4.78 is 5.54. The number of hydrogen-bond donors (Lipinski definition) is 1. The number of carbonyl (C=O) groups is 2. The Morgan fingerprint density at radius 3 is 2.82 bits per heavy atom. The van der Waals surface area contributed by atoms with Gasteiger partial charge >= 0.3 is 0 Å². The summed E-state index contributed by atoms with van der Waals surface area (Å²) in [6.07, 6.45) is 2.42. The molecule has 3 heterocycles. The molecule has 1 fully saturated rings. The normalized spacial score (nSPS) is 18.2. The summed E-state index contributed by atoms with van der Waals surface area (Å²) in [4.78, 5) is 32.1. The van der Waals surface area contributed by atoms with Crippen LogP contribution in [0.15, 0.2) is 29.6 Å². The van der Waals surface area contributed by atoms with Crippen molar-refractivity contribution in [3.05, 3.63) is 51.5 Å². The van der Waals surface area contributed by atoms with Gasteiger partial charge in [0.2, 0.25) is 5.91 Å². The van der Waals surface area contributed by atoms with E-state index in [2.05, 4.69) is 10.3 Å². The highest BCUT2D eigenvalue weighted by Crippen LogP contribution is 2.37. The van der Waals surface area contributed by atoms with E-state index in [4.69, 9.17) is 4.74 Å². The largest absolute Gasteiger partial charge is 0.381 e. The van der Waals surface area contributed by atoms with Crippen molar-refractivity contribution in [1.82, 2.24) is 15.2 Å². The highest BCUT2D eigenvalue weighted by atomic mass is 32.1. The van der Waals surface area contributed by atoms with Crippen LogP contribution in [0.4, 0.5) is 0 Å². The number of hydrogen-bond acceptors (Lipinski definition) is 5. The summed E-state index contributed by atoms with van der Waals surface area (Å²) in [5.41, 5.74) is 2.33. The molecule has 7 heteroatoms. The molecule has 2 aliphatic rings. The van der Waals surface area contributed by atoms with E-state index in [1.54, 1.807) is 11.3 Å². The van der Waals surface area contributed by atoms with Gasteiger partial charge < -0.3 is 15.0 Å². The van der Waals surface area contributed by atoms with Gasteiger partial charge in [0.15, 0.2) is 0 Å². The van der Waals surface area contributed by atoms with E-state index < -0.39 is 5.54 Å². The number of benzene rings is 1. The number of nitrogens with zero attached hydrogens (tertiary/aromatic N) is 2. The second-order valence-corrected chi connectivity index (χ2v) is 8.49. The summed E-state index contributed by atoms with van der Waals surface area (Å²) in [5, 5.41) is 6.07. The number of carbonyl (C=O) groups excluding carboxylic acids is 2. The van der Waals surface area contributed by atoms with Crippen molar-refractivity contribution < 1.29 is 14.3 Å². The van der Waals surface area contributed by atoms with Crippen molar-refractivity contribution in [2.45, 2.75) is 44.7 Å². The second kappa shape index (κ2) is 8.01. The van der Waals surface area contributed by atoms with Crippen molar-refractivity contribution in [1.29, 1.82) is 0 Å². The fourth-order valence-electron chi connectivity index (χ4n) is 4.12. The van der Waals surface area contributed by atoms with Crippen LogP contribution in [0.25, 0.3) is 0 Å². The molecule has 2 amide bonds. The zero-order valence-corrected chi connectivity index (χ0v) is 16.9. The Labute approximate surface area is 168 Å². The molecule has 0 bridgehead atoms. The molecule has 0 spiro atoms. The van der Waals surface area contributed by atoms with Gasteiger partial charge in [-0.05, 0) is 31.4 Å². The van der Waals surface area contributed by atoms with Gasteiger partial charge in [0.05, 0.1) is 17.0 Å². The lowest BCUT2D eigenvalue weighted by molar-refractivity contribution is -0.125. The summed E-state index contributed by atoms with van der Waals surface area (Å²) in [6, 6.07) is 7.72. The van der Waals surface area contributed by atoms with Crippen molar-refractivity contribution in [2.24, 2.45) is 0 Å². The molecule has 28 heavy (non-hydrogen) atoms. The lowest BCUT2D eigenvalue weighted by Gasteiger charge is -2.44. The van der Waals surface area contributed by atoms with Gasteiger partial charge in [-0.25, -0.2) is 4.98 Å². The van der Waals surface area contributed by atoms with Crippen LogP contribution in [0.2, 0.25) is 0 Å². The van der Waals surface area contributed by atoms with Crippen molar-refractivity contribution >= 4 is 23.2 Å². The van der Waals surface area contributed by atoms with Gasteiger partial charge in [-0.2, -0.15) is 0 Å². The smallest absolute Gasteiger partial charge is 0.254 e. The Hall–Kier alpha value is -2.25. The summed E-state index contributed by atoms with van der Waals surface area (Å²) in [7, 11) is 0. The topological polar surface area (TPSA) is 71.5 Å². The van der Waals surface area contributed by atoms with E-state index in [0.717, 1.165) is 28.2 Å². The van der Waals surface area contributed by atoms with Gasteiger partial charge in [0.1, 0.15) is 0 Å². The SMILES string of the molecule is Cc1csc(CCNC(=O)CC2(N3Cc4ccccc4C3=O)CCOCC2)n1. The van der Waals surface area contributed by atoms with Crippen molar-refractivity contribution in [3.63, 3.8) is 0 Å². The lowest BCUT2D eigenvalue weighted by Crippen LogP contribution is -2.54. The van der Waals surface area contributed by atoms with Crippen LogP contribution in [0.5, 0.6) is 0 Å². The number of fused-ring (bicyclic) bond motifs is 1. The first kappa shape index (κ1) is 19.1. The zero-order chi connectivity index (χ0) is 19.6. The molecular formula is C21H25N3O3S. The van der Waals surface area contributed by atoms with Gasteiger partial charge in [0.25, 0.3) is 5.91 Å². The molecule has 2 aromatic rings. The Morgan fingerprint density at radius 2 is 2.11 bits per heavy atom. The Morgan fingerprint density at radius 1 is 1.32 bits per heavy atom. The van der Waals surface area contributed by atoms with Gasteiger partial charge in [-0.1, -0.05) is 18.2 Å². The average Bonchev–Trinajstić information content (AvgIpc) is 3.26. The minimum Gasteiger partial charge on any atom is -0.381 e. The van der Waals surface area contributed by atoms with E-state index in [-0.39, 0.29) is 11.8 Å². The van der Waals surface area contributed by atoms with Crippen LogP contribution in [-0.4, -0.2) is 47.0 Å². The third-order valence-corrected chi connectivity index (χ3v) is 6.66. The molecule has 0 aliphatic carbocycles. The Kier molecular flexibility index (Phi) is 5.46. The number of rotatable bonds is 6. The van der Waals surface area contributed by atoms with Crippen LogP contribution in [0.3, 0.4) is 0 Å². The molecule has 0 radical (unpaired) electrons. The number of ether oxygens (including phenoxy) is 1. The number of thiazole rings is 1. The fourth-order valence-corrected chi connectivity index (χ4v) is 4.89. The van der Waals surface area contributed by atoms with Crippen molar-refractivity contribution in [3.8, 4) is 0 Å². The first-order valence-corrected chi connectivity index (χ1v) is 10.6. The molecule has 148 valence electrons. The summed E-state index contributed by atoms with van der Waals surface area (Å²) in [5.74, 6) is 0.0162. The third-order valence-electron chi connectivity index (χ3n) is 5.63. The number of nitrogens with one attached hydrogen (secondary N) is 1. The Bertz CT molecular complexity index is 873. The van der Waals surface area contributed by atoms with E-state index in [1.807, 2.05) is 41.5 Å². The van der Waals surface area contributed by atoms with Crippen LogP contribution in [-0.2, 0) is 22.5 Å². The maximum Gasteiger partial charge on any atom is 0.254 e. The molecule has 0 atom stereocenters. The summed E-state index contributed by atoms with van der Waals surface area (Å²) in [6.45, 7) is 4.25. The molecule has 1 aromatic heterocycles. The predicted molar refractivity (Wildman–Crippen MR) is 107 cm³/mol. The second-order valence-electron chi connectivity index (χ2n) is 7.54. The molecule has 1 aromatic carbocycles. The molecule has 1 N–H and O–H groups in total. The first-order chi connectivity index (χ1) is 13.6. The van der Waals surface area contributed by atoms with Crippen molar-refractivity contribution in [2.75, 3.05) is 19.8 Å². The predicted octanol–water partition coefficient (Wildman–Crippen LogP) is 2.71. The molecular weight excluding hydrogens is 374 g/mol. The molecule has 0 saturated carbocycles. The fraction of sp³-hybridized carbons (Fsp3) is 0.476. The highest BCUT2D eigenvalue weighted by Gasteiger charge is 2.45. The van der Waals surface area contributed by atoms with Gasteiger partial charge in [-0.3, -0.25) is 9.59 Å². The Balaban J connectivity index is 1.43. The van der Waals surface area contributed by atoms with Gasteiger partial charge in [-0.15, -0.1) is 11.3 Å². The monoisotopic (exact) mass is 399 g/mol. The highest BCUT2D eigenvalue weighted by molar-refractivity contribution is 7.09. The zero-order valence-electron chi connectivity index (χ0n) is 16.1. The minimum absolute atomic E-state index is 0.0149. The van der Waals surface area contributed by atoms with E-state index in [0.29, 0.717) is 45.6 Å². The lowest BCUT2D eigenvalue weighted by atomic mass is 9.84. The number of aromatic nitrogens is 1. The quantitative estimate of drug-likeness (QED) is 0.811. The van der Waals surface area contributed by atoms with Crippen LogP contribution < -0.4 is 5.32 Å². The number of amides is 2. The van der Waals surface area contributed by atoms with Gasteiger partial charge in [0, 0.05) is 49.4 Å². The van der Waals surface area contributed by atoms with E-state index >= 15 is 0 Å². The van der Waals surface area contributed by atoms with E-state index in [1.165, 1.54) is 0 Å². The minimum atomic E-state index is -0.476. The molecule has 4 rings (SSSR count).